The van der Waals surface area contributed by atoms with Gasteiger partial charge in [0, 0.05) is 39.5 Å². The molecule has 1 N–H and O–H groups in total. The molecule has 8 heteroatoms. The van der Waals surface area contributed by atoms with Gasteiger partial charge in [0.1, 0.15) is 5.82 Å². The van der Waals surface area contributed by atoms with Crippen LogP contribution in [0.4, 0.5) is 0 Å². The molecule has 172 valence electrons. The fraction of sp³-hybridized carbons (Fsp3) is 0.500. The Kier molecular flexibility index (Phi) is 8.03. The number of imidazole rings is 1. The number of carbonyl (C=O) groups excluding carboxylic acids is 1. The van der Waals surface area contributed by atoms with Crippen LogP contribution in [0.1, 0.15) is 57.3 Å². The molecule has 2 heterocycles. The summed E-state index contributed by atoms with van der Waals surface area (Å²) in [5.74, 6) is 0.691. The van der Waals surface area contributed by atoms with Crippen LogP contribution in [0.2, 0.25) is 0 Å². The monoisotopic (exact) mass is 439 g/mol. The molecule has 8 nitrogen and oxygen atoms in total. The molecule has 1 aromatic carbocycles. The number of carbonyl (C=O) groups is 1. The number of H-pyrrole nitrogens is 1. The summed E-state index contributed by atoms with van der Waals surface area (Å²) in [5.41, 5.74) is 1.07. The Bertz CT molecular complexity index is 1160. The number of hydrogen-bond acceptors (Lipinski definition) is 4. The molecular weight excluding hydrogens is 406 g/mol. The highest BCUT2D eigenvalue weighted by molar-refractivity contribution is 5.76. The van der Waals surface area contributed by atoms with Crippen molar-refractivity contribution in [3.63, 3.8) is 0 Å². The van der Waals surface area contributed by atoms with Crippen molar-refractivity contribution >= 4 is 17.1 Å². The third-order valence-electron chi connectivity index (χ3n) is 5.69. The molecule has 0 atom stereocenters. The van der Waals surface area contributed by atoms with Gasteiger partial charge in [-0.15, -0.1) is 0 Å². The summed E-state index contributed by atoms with van der Waals surface area (Å²) in [4.78, 5) is 46.7. The Labute approximate surface area is 187 Å². The van der Waals surface area contributed by atoms with E-state index in [4.69, 9.17) is 4.98 Å². The SMILES string of the molecule is CCCCn1c(CCC(=O)N(C)Cc2ccccc2)nc2c1c(=O)[nH]c(=O)n2CCCC. The summed E-state index contributed by atoms with van der Waals surface area (Å²) in [6, 6.07) is 9.86. The van der Waals surface area contributed by atoms with Crippen LogP contribution in [0.25, 0.3) is 11.2 Å². The van der Waals surface area contributed by atoms with Crippen LogP contribution in [0, 0.1) is 0 Å². The number of nitrogens with one attached hydrogen (secondary N) is 1. The van der Waals surface area contributed by atoms with Gasteiger partial charge in [-0.25, -0.2) is 9.78 Å². The molecule has 0 aliphatic carbocycles. The van der Waals surface area contributed by atoms with Crippen molar-refractivity contribution in [3.8, 4) is 0 Å². The maximum Gasteiger partial charge on any atom is 0.330 e. The number of rotatable bonds is 11. The fourth-order valence-corrected chi connectivity index (χ4v) is 3.84. The molecule has 0 aliphatic rings. The molecule has 0 radical (unpaired) electrons. The summed E-state index contributed by atoms with van der Waals surface area (Å²) < 4.78 is 3.44. The third-order valence-corrected chi connectivity index (χ3v) is 5.69. The quantitative estimate of drug-likeness (QED) is 0.497. The maximum absolute atomic E-state index is 12.8. The molecule has 32 heavy (non-hydrogen) atoms. The Morgan fingerprint density at radius 1 is 1.03 bits per heavy atom. The molecular formula is C24H33N5O3. The third kappa shape index (κ3) is 5.36. The van der Waals surface area contributed by atoms with Gasteiger partial charge >= 0.3 is 5.69 Å². The van der Waals surface area contributed by atoms with Gasteiger partial charge in [-0.1, -0.05) is 57.0 Å². The molecule has 0 saturated heterocycles. The van der Waals surface area contributed by atoms with E-state index < -0.39 is 11.2 Å². The van der Waals surface area contributed by atoms with E-state index in [9.17, 15) is 14.4 Å². The zero-order valence-electron chi connectivity index (χ0n) is 19.3. The topological polar surface area (TPSA) is 93.0 Å². The number of aryl methyl sites for hydroxylation is 3. The van der Waals surface area contributed by atoms with E-state index in [1.165, 1.54) is 0 Å². The van der Waals surface area contributed by atoms with Gasteiger partial charge in [0.2, 0.25) is 5.91 Å². The zero-order valence-corrected chi connectivity index (χ0v) is 19.3. The van der Waals surface area contributed by atoms with Crippen LogP contribution >= 0.6 is 0 Å². The van der Waals surface area contributed by atoms with E-state index in [2.05, 4.69) is 18.8 Å². The van der Waals surface area contributed by atoms with Crippen molar-refractivity contribution in [2.45, 2.75) is 72.0 Å². The van der Waals surface area contributed by atoms with E-state index in [1.807, 2.05) is 34.9 Å². The largest absolute Gasteiger partial charge is 0.341 e. The summed E-state index contributed by atoms with van der Waals surface area (Å²) in [6.07, 6.45) is 4.30. The highest BCUT2D eigenvalue weighted by Crippen LogP contribution is 2.16. The average Bonchev–Trinajstić information content (AvgIpc) is 3.15. The molecule has 0 spiro atoms. The van der Waals surface area contributed by atoms with Gasteiger partial charge in [-0.2, -0.15) is 0 Å². The van der Waals surface area contributed by atoms with Crippen LogP contribution in [0.5, 0.6) is 0 Å². The summed E-state index contributed by atoms with van der Waals surface area (Å²) in [5, 5.41) is 0. The highest BCUT2D eigenvalue weighted by Gasteiger charge is 2.19. The molecule has 0 bridgehead atoms. The Balaban J connectivity index is 1.87. The molecule has 3 aromatic rings. The number of aromatic nitrogens is 4. The molecule has 2 aromatic heterocycles. The smallest absolute Gasteiger partial charge is 0.330 e. The van der Waals surface area contributed by atoms with Crippen LogP contribution in [-0.2, 0) is 30.8 Å². The van der Waals surface area contributed by atoms with Crippen molar-refractivity contribution in [3.05, 3.63) is 62.6 Å². The van der Waals surface area contributed by atoms with Gasteiger partial charge in [-0.3, -0.25) is 19.1 Å². The fourth-order valence-electron chi connectivity index (χ4n) is 3.84. The number of nitrogens with zero attached hydrogens (tertiary/aromatic N) is 4. The lowest BCUT2D eigenvalue weighted by molar-refractivity contribution is -0.130. The van der Waals surface area contributed by atoms with Crippen LogP contribution in [0.15, 0.2) is 39.9 Å². The zero-order chi connectivity index (χ0) is 23.1. The number of unbranched alkanes of at least 4 members (excludes halogenated alkanes) is 2. The number of aromatic amines is 1. The summed E-state index contributed by atoms with van der Waals surface area (Å²) >= 11 is 0. The minimum atomic E-state index is -0.429. The first kappa shape index (κ1) is 23.5. The molecule has 0 fully saturated rings. The van der Waals surface area contributed by atoms with E-state index >= 15 is 0 Å². The van der Waals surface area contributed by atoms with Crippen molar-refractivity contribution in [2.75, 3.05) is 7.05 Å². The number of hydrogen-bond donors (Lipinski definition) is 1. The Hall–Kier alpha value is -3.16. The van der Waals surface area contributed by atoms with Crippen LogP contribution in [0.3, 0.4) is 0 Å². The molecule has 3 rings (SSSR count). The Morgan fingerprint density at radius 2 is 1.69 bits per heavy atom. The minimum absolute atomic E-state index is 0.0141. The second kappa shape index (κ2) is 10.9. The van der Waals surface area contributed by atoms with Crippen molar-refractivity contribution in [1.82, 2.24) is 24.0 Å². The van der Waals surface area contributed by atoms with E-state index in [-0.39, 0.29) is 12.3 Å². The summed E-state index contributed by atoms with van der Waals surface area (Å²) in [6.45, 7) is 5.82. The lowest BCUT2D eigenvalue weighted by atomic mass is 10.2. The molecule has 0 aliphatic heterocycles. The minimum Gasteiger partial charge on any atom is -0.341 e. The number of benzene rings is 1. The predicted molar refractivity (Wildman–Crippen MR) is 126 cm³/mol. The first-order chi connectivity index (χ1) is 15.5. The van der Waals surface area contributed by atoms with E-state index in [0.717, 1.165) is 31.2 Å². The van der Waals surface area contributed by atoms with Gasteiger partial charge in [0.05, 0.1) is 0 Å². The molecule has 1 amide bonds. The second-order valence-electron chi connectivity index (χ2n) is 8.21. The van der Waals surface area contributed by atoms with Gasteiger partial charge in [-0.05, 0) is 18.4 Å². The number of fused-ring (bicyclic) bond motifs is 1. The normalized spacial score (nSPS) is 11.2. The second-order valence-corrected chi connectivity index (χ2v) is 8.21. The van der Waals surface area contributed by atoms with Crippen molar-refractivity contribution < 1.29 is 4.79 Å². The van der Waals surface area contributed by atoms with Crippen molar-refractivity contribution in [2.24, 2.45) is 0 Å². The highest BCUT2D eigenvalue weighted by atomic mass is 16.2. The summed E-state index contributed by atoms with van der Waals surface area (Å²) in [7, 11) is 1.79. The van der Waals surface area contributed by atoms with E-state index in [0.29, 0.717) is 43.0 Å². The Morgan fingerprint density at radius 3 is 2.34 bits per heavy atom. The van der Waals surface area contributed by atoms with Crippen LogP contribution < -0.4 is 11.2 Å². The van der Waals surface area contributed by atoms with Gasteiger partial charge < -0.3 is 9.47 Å². The lowest BCUT2D eigenvalue weighted by Gasteiger charge is -2.17. The van der Waals surface area contributed by atoms with Gasteiger partial charge in [0.25, 0.3) is 5.56 Å². The molecule has 0 unspecified atom stereocenters. The van der Waals surface area contributed by atoms with Crippen molar-refractivity contribution in [1.29, 1.82) is 0 Å². The van der Waals surface area contributed by atoms with Gasteiger partial charge in [0.15, 0.2) is 11.2 Å². The lowest BCUT2D eigenvalue weighted by Crippen LogP contribution is -2.31. The average molecular weight is 440 g/mol. The standard InChI is InChI=1S/C24H33N5O3/c1-4-6-15-28-19(13-14-20(30)27(3)17-18-11-9-8-10-12-18)25-22-21(28)23(31)26-24(32)29(22)16-7-5-2/h8-12H,4-7,13-17H2,1-3H3,(H,26,31,32). The van der Waals surface area contributed by atoms with E-state index in [1.54, 1.807) is 16.5 Å². The first-order valence-electron chi connectivity index (χ1n) is 11.5. The van der Waals surface area contributed by atoms with Crippen LogP contribution in [-0.4, -0.2) is 37.0 Å². The maximum atomic E-state index is 12.8. The molecule has 0 saturated carbocycles. The first-order valence-corrected chi connectivity index (χ1v) is 11.5. The number of amides is 1. The predicted octanol–water partition coefficient (Wildman–Crippen LogP) is 3.08.